The first-order valence-corrected chi connectivity index (χ1v) is 10.5. The largest absolute Gasteiger partial charge is 0.360 e. The number of H-pyrrole nitrogens is 1. The maximum atomic E-state index is 13.5. The highest BCUT2D eigenvalue weighted by Crippen LogP contribution is 2.43. The van der Waals surface area contributed by atoms with Gasteiger partial charge in [0.25, 0.3) is 5.91 Å². The second kappa shape index (κ2) is 6.81. The lowest BCUT2D eigenvalue weighted by atomic mass is 9.64. The molecule has 5 nitrogen and oxygen atoms in total. The molecule has 2 aliphatic heterocycles. The van der Waals surface area contributed by atoms with E-state index in [2.05, 4.69) is 34.1 Å². The van der Waals surface area contributed by atoms with Gasteiger partial charge in [-0.2, -0.15) is 0 Å². The van der Waals surface area contributed by atoms with Crippen LogP contribution in [0.2, 0.25) is 0 Å². The average molecular weight is 402 g/mol. The number of piperidine rings is 2. The molecule has 2 saturated heterocycles. The van der Waals surface area contributed by atoms with Gasteiger partial charge in [0, 0.05) is 49.8 Å². The van der Waals surface area contributed by atoms with E-state index in [1.54, 1.807) is 6.20 Å². The molecule has 30 heavy (non-hydrogen) atoms. The smallest absolute Gasteiger partial charge is 0.256 e. The molecule has 0 aliphatic carbocycles. The van der Waals surface area contributed by atoms with Crippen molar-refractivity contribution in [1.29, 1.82) is 0 Å². The van der Waals surface area contributed by atoms with Crippen molar-refractivity contribution in [3.8, 4) is 0 Å². The first-order chi connectivity index (χ1) is 14.4. The van der Waals surface area contributed by atoms with E-state index in [4.69, 9.17) is 0 Å². The quantitative estimate of drug-likeness (QED) is 0.728. The number of amides is 1. The van der Waals surface area contributed by atoms with E-state index in [1.807, 2.05) is 49.1 Å². The Morgan fingerprint density at radius 1 is 0.933 bits per heavy atom. The summed E-state index contributed by atoms with van der Waals surface area (Å²) in [6, 6.07) is 18.2. The Morgan fingerprint density at radius 2 is 1.57 bits per heavy atom. The number of carbonyl (C=O) groups is 2. The molecule has 2 bridgehead atoms. The molecule has 1 amide bonds. The number of fused-ring (bicyclic) bond motifs is 3. The Hall–Kier alpha value is -2.92. The van der Waals surface area contributed by atoms with Gasteiger partial charge in [-0.1, -0.05) is 48.5 Å². The molecule has 2 fully saturated rings. The minimum atomic E-state index is -0.554. The van der Waals surface area contributed by atoms with Crippen LogP contribution in [0.25, 0.3) is 10.9 Å². The van der Waals surface area contributed by atoms with E-state index in [-0.39, 0.29) is 5.91 Å². The van der Waals surface area contributed by atoms with Gasteiger partial charge >= 0.3 is 0 Å². The van der Waals surface area contributed by atoms with Gasteiger partial charge in [0.15, 0.2) is 5.78 Å². The highest BCUT2D eigenvalue weighted by atomic mass is 16.2. The van der Waals surface area contributed by atoms with Gasteiger partial charge in [-0.25, -0.2) is 0 Å². The molecule has 1 N–H and O–H groups in total. The summed E-state index contributed by atoms with van der Waals surface area (Å²) in [7, 11) is 0. The van der Waals surface area contributed by atoms with E-state index in [9.17, 15) is 9.59 Å². The van der Waals surface area contributed by atoms with Gasteiger partial charge < -0.3 is 9.88 Å². The van der Waals surface area contributed by atoms with Crippen LogP contribution in [0.5, 0.6) is 0 Å². The van der Waals surface area contributed by atoms with E-state index in [0.717, 1.165) is 17.4 Å². The molecule has 1 aromatic heterocycles. The molecule has 0 radical (unpaired) electrons. The van der Waals surface area contributed by atoms with E-state index in [1.165, 1.54) is 5.56 Å². The van der Waals surface area contributed by atoms with Crippen LogP contribution in [0, 0.1) is 10.8 Å². The lowest BCUT2D eigenvalue weighted by Crippen LogP contribution is -2.68. The summed E-state index contributed by atoms with van der Waals surface area (Å²) in [6.45, 7) is 7.16. The van der Waals surface area contributed by atoms with Gasteiger partial charge in [0.2, 0.25) is 0 Å². The maximum Gasteiger partial charge on any atom is 0.256 e. The molecule has 2 unspecified atom stereocenters. The Balaban J connectivity index is 1.42. The number of aromatic amines is 1. The minimum absolute atomic E-state index is 0.00825. The van der Waals surface area contributed by atoms with Crippen molar-refractivity contribution in [3.63, 3.8) is 0 Å². The molecular weight excluding hydrogens is 374 g/mol. The Labute approximate surface area is 176 Å². The zero-order valence-corrected chi connectivity index (χ0v) is 17.5. The van der Waals surface area contributed by atoms with Gasteiger partial charge in [-0.3, -0.25) is 14.5 Å². The predicted octanol–water partition coefficient (Wildman–Crippen LogP) is 3.72. The molecule has 5 rings (SSSR count). The summed E-state index contributed by atoms with van der Waals surface area (Å²) in [5.74, 6) is 0.302. The van der Waals surface area contributed by atoms with Crippen molar-refractivity contribution >= 4 is 22.6 Å². The minimum Gasteiger partial charge on any atom is -0.360 e. The highest BCUT2D eigenvalue weighted by Gasteiger charge is 2.56. The van der Waals surface area contributed by atoms with E-state index < -0.39 is 10.8 Å². The number of nitrogens with one attached hydrogen (secondary N) is 1. The monoisotopic (exact) mass is 401 g/mol. The van der Waals surface area contributed by atoms with E-state index >= 15 is 0 Å². The SMILES string of the molecule is CC12CN(Cc3ccccc3)CC(C)(CN(C(=O)c3c[nH]c4ccccc34)C1)C2=O. The van der Waals surface area contributed by atoms with Crippen LogP contribution in [0.15, 0.2) is 60.8 Å². The molecular formula is C25H27N3O2. The van der Waals surface area contributed by atoms with Gasteiger partial charge in [0.1, 0.15) is 0 Å². The third-order valence-electron chi connectivity index (χ3n) is 6.68. The number of Topliss-reactive ketones (excluding diaryl/α,β-unsaturated/α-hetero) is 1. The molecule has 3 aromatic rings. The van der Waals surface area contributed by atoms with Crippen LogP contribution in [-0.2, 0) is 11.3 Å². The first-order valence-electron chi connectivity index (χ1n) is 10.5. The van der Waals surface area contributed by atoms with Crippen LogP contribution >= 0.6 is 0 Å². The van der Waals surface area contributed by atoms with E-state index in [0.29, 0.717) is 37.5 Å². The number of likely N-dealkylation sites (tertiary alicyclic amines) is 2. The number of ketones is 1. The van der Waals surface area contributed by atoms with Crippen LogP contribution in [0.3, 0.4) is 0 Å². The van der Waals surface area contributed by atoms with Gasteiger partial charge in [-0.05, 0) is 25.5 Å². The lowest BCUT2D eigenvalue weighted by Gasteiger charge is -2.55. The predicted molar refractivity (Wildman–Crippen MR) is 117 cm³/mol. The summed E-state index contributed by atoms with van der Waals surface area (Å²) >= 11 is 0. The Morgan fingerprint density at radius 3 is 2.27 bits per heavy atom. The van der Waals surface area contributed by atoms with Crippen molar-refractivity contribution < 1.29 is 9.59 Å². The van der Waals surface area contributed by atoms with Crippen molar-refractivity contribution in [2.24, 2.45) is 10.8 Å². The zero-order chi connectivity index (χ0) is 20.9. The number of aromatic nitrogens is 1. The van der Waals surface area contributed by atoms with Crippen molar-refractivity contribution in [2.75, 3.05) is 26.2 Å². The molecule has 154 valence electrons. The fourth-order valence-electron chi connectivity index (χ4n) is 5.57. The standard InChI is InChI=1S/C25H27N3O2/c1-24-14-27(13-18-8-4-3-5-9-18)15-25(2,23(24)30)17-28(16-24)22(29)20-12-26-21-11-7-6-10-19(20)21/h3-12,26H,13-17H2,1-2H3. The number of benzene rings is 2. The second-order valence-electron chi connectivity index (χ2n) is 9.49. The summed E-state index contributed by atoms with van der Waals surface area (Å²) < 4.78 is 0. The van der Waals surface area contributed by atoms with Crippen molar-refractivity contribution in [2.45, 2.75) is 20.4 Å². The third-order valence-corrected chi connectivity index (χ3v) is 6.68. The van der Waals surface area contributed by atoms with Crippen molar-refractivity contribution in [3.05, 3.63) is 71.9 Å². The summed E-state index contributed by atoms with van der Waals surface area (Å²) in [4.78, 5) is 34.3. The number of nitrogens with zero attached hydrogens (tertiary/aromatic N) is 2. The lowest BCUT2D eigenvalue weighted by molar-refractivity contribution is -0.155. The molecule has 2 aliphatic rings. The molecule has 2 atom stereocenters. The number of rotatable bonds is 3. The van der Waals surface area contributed by atoms with Crippen LogP contribution in [0.1, 0.15) is 29.8 Å². The molecule has 5 heteroatoms. The fourth-order valence-corrected chi connectivity index (χ4v) is 5.57. The first kappa shape index (κ1) is 19.1. The highest BCUT2D eigenvalue weighted by molar-refractivity contribution is 6.07. The molecule has 0 saturated carbocycles. The molecule has 3 heterocycles. The number of hydrogen-bond donors (Lipinski definition) is 1. The summed E-state index contributed by atoms with van der Waals surface area (Å²) in [5, 5.41) is 0.936. The number of hydrogen-bond acceptors (Lipinski definition) is 3. The molecule has 2 aromatic carbocycles. The van der Waals surface area contributed by atoms with Gasteiger partial charge in [-0.15, -0.1) is 0 Å². The topological polar surface area (TPSA) is 56.4 Å². The Bertz CT molecular complexity index is 1100. The average Bonchev–Trinajstić information content (AvgIpc) is 3.15. The van der Waals surface area contributed by atoms with Crippen LogP contribution in [-0.4, -0.2) is 52.7 Å². The second-order valence-corrected chi connectivity index (χ2v) is 9.49. The van der Waals surface area contributed by atoms with Crippen molar-refractivity contribution in [1.82, 2.24) is 14.8 Å². The van der Waals surface area contributed by atoms with Crippen LogP contribution in [0.4, 0.5) is 0 Å². The van der Waals surface area contributed by atoms with Crippen LogP contribution < -0.4 is 0 Å². The summed E-state index contributed by atoms with van der Waals surface area (Å²) in [6.07, 6.45) is 1.80. The molecule has 0 spiro atoms. The van der Waals surface area contributed by atoms with Gasteiger partial charge in [0.05, 0.1) is 16.4 Å². The zero-order valence-electron chi connectivity index (χ0n) is 17.5. The number of para-hydroxylation sites is 1. The number of carbonyl (C=O) groups excluding carboxylic acids is 2. The fraction of sp³-hybridized carbons (Fsp3) is 0.360. The normalized spacial score (nSPS) is 26.9. The third kappa shape index (κ3) is 3.05. The Kier molecular flexibility index (Phi) is 4.33. The maximum absolute atomic E-state index is 13.5. The summed E-state index contributed by atoms with van der Waals surface area (Å²) in [5.41, 5.74) is 1.79.